The predicted octanol–water partition coefficient (Wildman–Crippen LogP) is 4.95. The molecule has 0 saturated carbocycles. The zero-order valence-electron chi connectivity index (χ0n) is 16.2. The Balaban J connectivity index is 1.69. The molecule has 2 aromatic carbocycles. The highest BCUT2D eigenvalue weighted by Gasteiger charge is 2.21. The number of ether oxygens (including phenoxy) is 1. The summed E-state index contributed by atoms with van der Waals surface area (Å²) in [4.78, 5) is 12.6. The van der Waals surface area contributed by atoms with Gasteiger partial charge in [-0.2, -0.15) is 0 Å². The second-order valence-corrected chi connectivity index (χ2v) is 7.96. The van der Waals surface area contributed by atoms with Crippen molar-refractivity contribution >= 4 is 35.0 Å². The molecule has 0 aliphatic rings. The highest BCUT2D eigenvalue weighted by molar-refractivity contribution is 8.00. The van der Waals surface area contributed by atoms with Gasteiger partial charge in [-0.05, 0) is 31.2 Å². The molecule has 1 N–H and O–H groups in total. The molecule has 3 aromatic rings. The Morgan fingerprint density at radius 1 is 1.30 bits per heavy atom. The van der Waals surface area contributed by atoms with Crippen LogP contribution in [0.2, 0.25) is 5.02 Å². The second kappa shape index (κ2) is 10.3. The maximum absolute atomic E-state index is 13.8. The molecule has 6 nitrogen and oxygen atoms in total. The van der Waals surface area contributed by atoms with Crippen LogP contribution in [0, 0.1) is 5.82 Å². The summed E-state index contributed by atoms with van der Waals surface area (Å²) >= 11 is 7.35. The Hall–Kier alpha value is -2.84. The third kappa shape index (κ3) is 5.40. The minimum atomic E-state index is -0.464. The molecule has 1 unspecified atom stereocenters. The van der Waals surface area contributed by atoms with Crippen LogP contribution in [0.4, 0.5) is 10.1 Å². The van der Waals surface area contributed by atoms with Crippen molar-refractivity contribution in [3.05, 3.63) is 77.9 Å². The fraction of sp³-hybridized carbons (Fsp3) is 0.190. The van der Waals surface area contributed by atoms with Crippen LogP contribution >= 0.6 is 23.4 Å². The number of allylic oxidation sites excluding steroid dienone is 1. The van der Waals surface area contributed by atoms with Crippen molar-refractivity contribution in [2.75, 3.05) is 5.32 Å². The maximum Gasteiger partial charge on any atom is 0.237 e. The van der Waals surface area contributed by atoms with E-state index in [1.165, 1.54) is 17.8 Å². The highest BCUT2D eigenvalue weighted by Crippen LogP contribution is 2.26. The standard InChI is InChI=1S/C21H20ClFN4O2S/c1-3-12-27-19(13-29-18-11-7-5-9-16(18)23)25-26-21(27)30-14(2)20(28)24-17-10-6-4-8-15(17)22/h3-11,14H,1,12-13H2,2H3,(H,24,28). The number of para-hydroxylation sites is 2. The lowest BCUT2D eigenvalue weighted by Gasteiger charge is -2.14. The number of carbonyl (C=O) groups is 1. The number of anilines is 1. The second-order valence-electron chi connectivity index (χ2n) is 6.25. The SMILES string of the molecule is C=CCn1c(COc2ccccc2F)nnc1SC(C)C(=O)Nc1ccccc1Cl. The van der Waals surface area contributed by atoms with E-state index in [2.05, 4.69) is 22.1 Å². The van der Waals surface area contributed by atoms with Crippen molar-refractivity contribution < 1.29 is 13.9 Å². The van der Waals surface area contributed by atoms with Crippen LogP contribution in [-0.2, 0) is 17.9 Å². The summed E-state index contributed by atoms with van der Waals surface area (Å²) in [6.07, 6.45) is 1.69. The summed E-state index contributed by atoms with van der Waals surface area (Å²) < 4.78 is 21.1. The highest BCUT2D eigenvalue weighted by atomic mass is 35.5. The van der Waals surface area contributed by atoms with Crippen molar-refractivity contribution in [1.29, 1.82) is 0 Å². The van der Waals surface area contributed by atoms with Crippen LogP contribution in [0.3, 0.4) is 0 Å². The zero-order chi connectivity index (χ0) is 21.5. The third-order valence-corrected chi connectivity index (χ3v) is 5.49. The number of amides is 1. The number of rotatable bonds is 9. The van der Waals surface area contributed by atoms with Crippen molar-refractivity contribution in [3.8, 4) is 5.75 Å². The molecule has 0 saturated heterocycles. The van der Waals surface area contributed by atoms with E-state index in [4.69, 9.17) is 16.3 Å². The van der Waals surface area contributed by atoms with Gasteiger partial charge in [-0.25, -0.2) is 4.39 Å². The number of carbonyl (C=O) groups excluding carboxylic acids is 1. The fourth-order valence-corrected chi connectivity index (χ4v) is 3.60. The molecule has 156 valence electrons. The minimum Gasteiger partial charge on any atom is -0.483 e. The van der Waals surface area contributed by atoms with Gasteiger partial charge >= 0.3 is 0 Å². The van der Waals surface area contributed by atoms with E-state index < -0.39 is 11.1 Å². The Morgan fingerprint density at radius 2 is 2.03 bits per heavy atom. The fourth-order valence-electron chi connectivity index (χ4n) is 2.54. The number of hydrogen-bond acceptors (Lipinski definition) is 5. The molecule has 0 bridgehead atoms. The van der Waals surface area contributed by atoms with Crippen molar-refractivity contribution in [2.45, 2.75) is 30.5 Å². The quantitative estimate of drug-likeness (QED) is 0.372. The smallest absolute Gasteiger partial charge is 0.237 e. The van der Waals surface area contributed by atoms with Crippen LogP contribution in [0.5, 0.6) is 5.75 Å². The van der Waals surface area contributed by atoms with Crippen LogP contribution in [0.15, 0.2) is 66.3 Å². The van der Waals surface area contributed by atoms with E-state index in [1.807, 2.05) is 0 Å². The van der Waals surface area contributed by atoms with Gasteiger partial charge in [-0.3, -0.25) is 9.36 Å². The first kappa shape index (κ1) is 21.9. The van der Waals surface area contributed by atoms with Crippen LogP contribution < -0.4 is 10.1 Å². The lowest BCUT2D eigenvalue weighted by atomic mass is 10.3. The van der Waals surface area contributed by atoms with Gasteiger partial charge in [0.2, 0.25) is 5.91 Å². The number of nitrogens with zero attached hydrogens (tertiary/aromatic N) is 3. The van der Waals surface area contributed by atoms with Gasteiger partial charge in [0, 0.05) is 6.54 Å². The van der Waals surface area contributed by atoms with E-state index in [9.17, 15) is 9.18 Å². The molecule has 1 amide bonds. The number of nitrogens with one attached hydrogen (secondary N) is 1. The van der Waals surface area contributed by atoms with E-state index >= 15 is 0 Å². The number of halogens is 2. The van der Waals surface area contributed by atoms with E-state index in [1.54, 1.807) is 60.0 Å². The van der Waals surface area contributed by atoms with Gasteiger partial charge in [-0.1, -0.05) is 53.7 Å². The summed E-state index contributed by atoms with van der Waals surface area (Å²) in [5.41, 5.74) is 0.545. The van der Waals surface area contributed by atoms with Crippen LogP contribution in [-0.4, -0.2) is 25.9 Å². The van der Waals surface area contributed by atoms with Gasteiger partial charge in [-0.15, -0.1) is 16.8 Å². The van der Waals surface area contributed by atoms with Crippen LogP contribution in [0.25, 0.3) is 0 Å². The Labute approximate surface area is 183 Å². The number of aromatic nitrogens is 3. The Morgan fingerprint density at radius 3 is 2.77 bits per heavy atom. The molecule has 0 aliphatic carbocycles. The summed E-state index contributed by atoms with van der Waals surface area (Å²) in [5, 5.41) is 11.6. The number of hydrogen-bond donors (Lipinski definition) is 1. The van der Waals surface area contributed by atoms with Crippen LogP contribution in [0.1, 0.15) is 12.7 Å². The van der Waals surface area contributed by atoms with E-state index in [0.717, 1.165) is 0 Å². The molecule has 1 atom stereocenters. The average molecular weight is 447 g/mol. The molecular weight excluding hydrogens is 427 g/mol. The maximum atomic E-state index is 13.8. The Bertz CT molecular complexity index is 1040. The number of thioether (sulfide) groups is 1. The molecule has 9 heteroatoms. The van der Waals surface area contributed by atoms with Crippen molar-refractivity contribution in [2.24, 2.45) is 0 Å². The summed E-state index contributed by atoms with van der Waals surface area (Å²) in [7, 11) is 0. The average Bonchev–Trinajstić information content (AvgIpc) is 3.10. The first-order valence-electron chi connectivity index (χ1n) is 9.12. The molecule has 0 radical (unpaired) electrons. The lowest BCUT2D eigenvalue weighted by molar-refractivity contribution is -0.115. The molecule has 0 spiro atoms. The summed E-state index contributed by atoms with van der Waals surface area (Å²) in [5.74, 6) is -0.0381. The first-order valence-corrected chi connectivity index (χ1v) is 10.4. The van der Waals surface area contributed by atoms with Crippen molar-refractivity contribution in [3.63, 3.8) is 0 Å². The molecule has 3 rings (SSSR count). The normalized spacial score (nSPS) is 11.7. The lowest BCUT2D eigenvalue weighted by Crippen LogP contribution is -2.23. The number of benzene rings is 2. The van der Waals surface area contributed by atoms with Gasteiger partial charge in [0.05, 0.1) is 16.0 Å². The third-order valence-electron chi connectivity index (χ3n) is 4.08. The summed E-state index contributed by atoms with van der Waals surface area (Å²) in [6.45, 7) is 5.96. The van der Waals surface area contributed by atoms with Gasteiger partial charge in [0.15, 0.2) is 22.5 Å². The largest absolute Gasteiger partial charge is 0.483 e. The molecule has 0 aliphatic heterocycles. The van der Waals surface area contributed by atoms with E-state index in [-0.39, 0.29) is 18.3 Å². The van der Waals surface area contributed by atoms with Gasteiger partial charge < -0.3 is 10.1 Å². The van der Waals surface area contributed by atoms with Gasteiger partial charge in [0.1, 0.15) is 6.61 Å². The van der Waals surface area contributed by atoms with E-state index in [0.29, 0.717) is 28.2 Å². The molecular formula is C21H20ClFN4O2S. The monoisotopic (exact) mass is 446 g/mol. The molecule has 1 aromatic heterocycles. The Kier molecular flexibility index (Phi) is 7.48. The molecule has 30 heavy (non-hydrogen) atoms. The molecule has 0 fully saturated rings. The molecule has 1 heterocycles. The minimum absolute atomic E-state index is 0.0303. The van der Waals surface area contributed by atoms with Gasteiger partial charge in [0.25, 0.3) is 0 Å². The predicted molar refractivity (Wildman–Crippen MR) is 116 cm³/mol. The zero-order valence-corrected chi connectivity index (χ0v) is 17.8. The topological polar surface area (TPSA) is 69.0 Å². The summed E-state index contributed by atoms with van der Waals surface area (Å²) in [6, 6.07) is 13.2. The first-order chi connectivity index (χ1) is 14.5. The van der Waals surface area contributed by atoms with Crippen molar-refractivity contribution in [1.82, 2.24) is 14.8 Å².